The van der Waals surface area contributed by atoms with Crippen LogP contribution in [0.15, 0.2) is 48.5 Å². The average Bonchev–Trinajstić information content (AvgIpc) is 2.64. The molecule has 1 fully saturated rings. The standard InChI is InChI=1S/C20H24N2O2S/c1-23-18-8-5-9-19(14-18)24-17-12-10-16(11-13-17)22-20(25)21-15-6-3-2-4-7-15/h5,8-15H,2-4,6-7H2,1H3,(H2,21,22,25). The predicted molar refractivity (Wildman–Crippen MR) is 106 cm³/mol. The van der Waals surface area contributed by atoms with Gasteiger partial charge in [-0.2, -0.15) is 0 Å². The Kier molecular flexibility index (Phi) is 6.12. The van der Waals surface area contributed by atoms with Crippen LogP contribution in [0, 0.1) is 0 Å². The van der Waals surface area contributed by atoms with Crippen LogP contribution in [0.5, 0.6) is 17.2 Å². The van der Waals surface area contributed by atoms with E-state index in [2.05, 4.69) is 10.6 Å². The van der Waals surface area contributed by atoms with Crippen LogP contribution >= 0.6 is 12.2 Å². The number of rotatable bonds is 5. The van der Waals surface area contributed by atoms with E-state index in [0.29, 0.717) is 11.2 Å². The number of hydrogen-bond donors (Lipinski definition) is 2. The van der Waals surface area contributed by atoms with E-state index in [1.807, 2.05) is 48.5 Å². The van der Waals surface area contributed by atoms with Crippen molar-refractivity contribution in [3.05, 3.63) is 48.5 Å². The van der Waals surface area contributed by atoms with E-state index in [0.717, 1.165) is 22.9 Å². The molecule has 5 heteroatoms. The number of anilines is 1. The molecule has 0 heterocycles. The number of thiocarbonyl (C=S) groups is 1. The highest BCUT2D eigenvalue weighted by Gasteiger charge is 2.13. The van der Waals surface area contributed by atoms with Crippen LogP contribution in [0.2, 0.25) is 0 Å². The van der Waals surface area contributed by atoms with Gasteiger partial charge in [-0.25, -0.2) is 0 Å². The second kappa shape index (κ2) is 8.72. The topological polar surface area (TPSA) is 42.5 Å². The van der Waals surface area contributed by atoms with Gasteiger partial charge in [0.2, 0.25) is 0 Å². The lowest BCUT2D eigenvalue weighted by Crippen LogP contribution is -2.38. The molecule has 2 N–H and O–H groups in total. The van der Waals surface area contributed by atoms with Crippen molar-refractivity contribution < 1.29 is 9.47 Å². The maximum Gasteiger partial charge on any atom is 0.170 e. The van der Waals surface area contributed by atoms with E-state index < -0.39 is 0 Å². The zero-order chi connectivity index (χ0) is 17.5. The largest absolute Gasteiger partial charge is 0.497 e. The number of benzene rings is 2. The van der Waals surface area contributed by atoms with E-state index in [4.69, 9.17) is 21.7 Å². The van der Waals surface area contributed by atoms with Crippen molar-refractivity contribution in [1.82, 2.24) is 5.32 Å². The summed E-state index contributed by atoms with van der Waals surface area (Å²) >= 11 is 5.41. The third-order valence-corrected chi connectivity index (χ3v) is 4.55. The Morgan fingerprint density at radius 2 is 1.68 bits per heavy atom. The van der Waals surface area contributed by atoms with Crippen LogP contribution in [0.25, 0.3) is 0 Å². The maximum absolute atomic E-state index is 5.85. The number of ether oxygens (including phenoxy) is 2. The first-order chi connectivity index (χ1) is 12.2. The monoisotopic (exact) mass is 356 g/mol. The molecule has 0 aliphatic heterocycles. The SMILES string of the molecule is COc1cccc(Oc2ccc(NC(=S)NC3CCCCC3)cc2)c1. The Balaban J connectivity index is 1.53. The summed E-state index contributed by atoms with van der Waals surface area (Å²) < 4.78 is 11.1. The molecule has 25 heavy (non-hydrogen) atoms. The Morgan fingerprint density at radius 3 is 2.40 bits per heavy atom. The Labute approximate surface area is 154 Å². The lowest BCUT2D eigenvalue weighted by Gasteiger charge is -2.24. The van der Waals surface area contributed by atoms with Gasteiger partial charge in [-0.15, -0.1) is 0 Å². The molecular formula is C20H24N2O2S. The summed E-state index contributed by atoms with van der Waals surface area (Å²) in [5.41, 5.74) is 0.950. The van der Waals surface area contributed by atoms with Gasteiger partial charge in [0.15, 0.2) is 5.11 Å². The molecule has 0 spiro atoms. The molecule has 132 valence electrons. The van der Waals surface area contributed by atoms with E-state index in [-0.39, 0.29) is 0 Å². The third kappa shape index (κ3) is 5.36. The average molecular weight is 356 g/mol. The van der Waals surface area contributed by atoms with Crippen molar-refractivity contribution in [1.29, 1.82) is 0 Å². The van der Waals surface area contributed by atoms with E-state index >= 15 is 0 Å². The Bertz CT molecular complexity index is 697. The predicted octanol–water partition coefficient (Wildman–Crippen LogP) is 5.11. The molecule has 2 aromatic rings. The Hall–Kier alpha value is -2.27. The summed E-state index contributed by atoms with van der Waals surface area (Å²) in [6.07, 6.45) is 6.32. The summed E-state index contributed by atoms with van der Waals surface area (Å²) in [5, 5.41) is 7.34. The first-order valence-electron chi connectivity index (χ1n) is 8.72. The summed E-state index contributed by atoms with van der Waals surface area (Å²) in [5.74, 6) is 2.29. The van der Waals surface area contributed by atoms with Crippen molar-refractivity contribution in [2.45, 2.75) is 38.1 Å². The zero-order valence-corrected chi connectivity index (χ0v) is 15.3. The van der Waals surface area contributed by atoms with Gasteiger partial charge >= 0.3 is 0 Å². The first kappa shape index (κ1) is 17.5. The fourth-order valence-electron chi connectivity index (χ4n) is 3.01. The van der Waals surface area contributed by atoms with E-state index in [1.54, 1.807) is 7.11 Å². The minimum absolute atomic E-state index is 0.504. The van der Waals surface area contributed by atoms with Crippen LogP contribution in [-0.2, 0) is 0 Å². The first-order valence-corrected chi connectivity index (χ1v) is 9.13. The molecular weight excluding hydrogens is 332 g/mol. The summed E-state index contributed by atoms with van der Waals surface area (Å²) in [7, 11) is 1.64. The van der Waals surface area contributed by atoms with Crippen LogP contribution < -0.4 is 20.1 Å². The molecule has 1 saturated carbocycles. The molecule has 0 amide bonds. The van der Waals surface area contributed by atoms with E-state index in [1.165, 1.54) is 32.1 Å². The second-order valence-electron chi connectivity index (χ2n) is 6.24. The fraction of sp³-hybridized carbons (Fsp3) is 0.350. The molecule has 2 aromatic carbocycles. The summed E-state index contributed by atoms with van der Waals surface area (Å²) in [6, 6.07) is 15.8. The Morgan fingerprint density at radius 1 is 0.960 bits per heavy atom. The normalized spacial score (nSPS) is 14.6. The minimum Gasteiger partial charge on any atom is -0.497 e. The van der Waals surface area contributed by atoms with Crippen molar-refractivity contribution in [3.63, 3.8) is 0 Å². The van der Waals surface area contributed by atoms with Crippen LogP contribution in [0.4, 0.5) is 5.69 Å². The lowest BCUT2D eigenvalue weighted by atomic mass is 9.96. The molecule has 4 nitrogen and oxygen atoms in total. The third-order valence-electron chi connectivity index (χ3n) is 4.33. The van der Waals surface area contributed by atoms with Gasteiger partial charge < -0.3 is 20.1 Å². The highest BCUT2D eigenvalue weighted by atomic mass is 32.1. The quantitative estimate of drug-likeness (QED) is 0.729. The van der Waals surface area contributed by atoms with Gasteiger partial charge in [0.25, 0.3) is 0 Å². The summed E-state index contributed by atoms with van der Waals surface area (Å²) in [6.45, 7) is 0. The molecule has 0 saturated heterocycles. The molecule has 0 atom stereocenters. The van der Waals surface area contributed by atoms with Crippen LogP contribution in [0.3, 0.4) is 0 Å². The maximum atomic E-state index is 5.85. The van der Waals surface area contributed by atoms with Gasteiger partial charge in [-0.1, -0.05) is 25.3 Å². The molecule has 0 unspecified atom stereocenters. The molecule has 1 aliphatic rings. The van der Waals surface area contributed by atoms with Gasteiger partial charge in [-0.05, 0) is 61.5 Å². The second-order valence-corrected chi connectivity index (χ2v) is 6.65. The smallest absolute Gasteiger partial charge is 0.170 e. The minimum atomic E-state index is 0.504. The zero-order valence-electron chi connectivity index (χ0n) is 14.5. The van der Waals surface area contributed by atoms with Crippen LogP contribution in [-0.4, -0.2) is 18.3 Å². The number of methoxy groups -OCH3 is 1. The molecule has 3 rings (SSSR count). The van der Waals surface area contributed by atoms with Gasteiger partial charge in [0.1, 0.15) is 17.2 Å². The molecule has 0 aromatic heterocycles. The highest BCUT2D eigenvalue weighted by molar-refractivity contribution is 7.80. The molecule has 0 radical (unpaired) electrons. The van der Waals surface area contributed by atoms with Crippen molar-refractivity contribution >= 4 is 23.0 Å². The van der Waals surface area contributed by atoms with Gasteiger partial charge in [-0.3, -0.25) is 0 Å². The number of nitrogens with one attached hydrogen (secondary N) is 2. The lowest BCUT2D eigenvalue weighted by molar-refractivity contribution is 0.409. The van der Waals surface area contributed by atoms with Gasteiger partial charge in [0.05, 0.1) is 7.11 Å². The van der Waals surface area contributed by atoms with Crippen molar-refractivity contribution in [3.8, 4) is 17.2 Å². The molecule has 1 aliphatic carbocycles. The summed E-state index contributed by atoms with van der Waals surface area (Å²) in [4.78, 5) is 0. The fourth-order valence-corrected chi connectivity index (χ4v) is 3.29. The van der Waals surface area contributed by atoms with Crippen molar-refractivity contribution in [2.75, 3.05) is 12.4 Å². The van der Waals surface area contributed by atoms with Crippen LogP contribution in [0.1, 0.15) is 32.1 Å². The number of hydrogen-bond acceptors (Lipinski definition) is 3. The highest BCUT2D eigenvalue weighted by Crippen LogP contribution is 2.26. The van der Waals surface area contributed by atoms with Crippen molar-refractivity contribution in [2.24, 2.45) is 0 Å². The van der Waals surface area contributed by atoms with E-state index in [9.17, 15) is 0 Å². The van der Waals surface area contributed by atoms with Gasteiger partial charge in [0, 0.05) is 17.8 Å². The molecule has 0 bridgehead atoms.